The van der Waals surface area contributed by atoms with Gasteiger partial charge in [-0.3, -0.25) is 14.4 Å². The van der Waals surface area contributed by atoms with Crippen molar-refractivity contribution in [2.24, 2.45) is 0 Å². The smallest absolute Gasteiger partial charge is 0.252 e. The number of carbonyl (C=O) groups excluding carboxylic acids is 3. The summed E-state index contributed by atoms with van der Waals surface area (Å²) in [7, 11) is 0. The van der Waals surface area contributed by atoms with Crippen LogP contribution in [0, 0.1) is 0 Å². The molecule has 0 atom stereocenters. The van der Waals surface area contributed by atoms with E-state index < -0.39 is 0 Å². The Bertz CT molecular complexity index is 681. The molecule has 0 fully saturated rings. The first kappa shape index (κ1) is 27.1. The summed E-state index contributed by atoms with van der Waals surface area (Å²) in [6.07, 6.45) is 13.5. The van der Waals surface area contributed by atoms with E-state index in [1.807, 2.05) is 0 Å². The number of hydrogen-bond donors (Lipinski definition) is 1. The normalized spacial score (nSPS) is 10.8. The van der Waals surface area contributed by atoms with Crippen LogP contribution in [0.4, 0.5) is 0 Å². The third kappa shape index (κ3) is 10.8. The van der Waals surface area contributed by atoms with Gasteiger partial charge in [-0.05, 0) is 31.4 Å². The Morgan fingerprint density at radius 3 is 1.77 bits per heavy atom. The van der Waals surface area contributed by atoms with Gasteiger partial charge in [-0.15, -0.1) is 0 Å². The van der Waals surface area contributed by atoms with Crippen LogP contribution in [0.1, 0.15) is 142 Å². The van der Waals surface area contributed by atoms with Crippen LogP contribution in [-0.2, 0) is 0 Å². The molecular formula is C27H43NO3. The lowest BCUT2D eigenvalue weighted by atomic mass is 9.94. The summed E-state index contributed by atoms with van der Waals surface area (Å²) in [6.45, 7) is 7.05. The van der Waals surface area contributed by atoms with E-state index in [9.17, 15) is 14.4 Å². The highest BCUT2D eigenvalue weighted by molar-refractivity contribution is 6.10. The molecule has 0 aromatic heterocycles. The summed E-state index contributed by atoms with van der Waals surface area (Å²) in [4.78, 5) is 38.3. The van der Waals surface area contributed by atoms with E-state index >= 15 is 0 Å². The number of nitrogens with one attached hydrogen (secondary N) is 1. The lowest BCUT2D eigenvalue weighted by Crippen LogP contribution is -2.26. The monoisotopic (exact) mass is 429 g/mol. The van der Waals surface area contributed by atoms with Crippen molar-refractivity contribution in [1.82, 2.24) is 5.32 Å². The maximum Gasteiger partial charge on any atom is 0.252 e. The standard InChI is InChI=1S/C27H43NO3/c1-4-7-10-13-16-25(29)22-18-19-23(27(31)28-20-15-12-9-6-3)24(21-22)26(30)17-14-11-8-5-2/h18-19,21H,4-17,20H2,1-3H3,(H,28,31). The largest absolute Gasteiger partial charge is 0.352 e. The topological polar surface area (TPSA) is 63.2 Å². The van der Waals surface area contributed by atoms with Crippen molar-refractivity contribution in [3.05, 3.63) is 34.9 Å². The Balaban J connectivity index is 2.89. The Morgan fingerprint density at radius 1 is 0.645 bits per heavy atom. The summed E-state index contributed by atoms with van der Waals surface area (Å²) >= 11 is 0. The van der Waals surface area contributed by atoms with Gasteiger partial charge in [0.1, 0.15) is 0 Å². The van der Waals surface area contributed by atoms with Crippen LogP contribution >= 0.6 is 0 Å². The van der Waals surface area contributed by atoms with Crippen molar-refractivity contribution < 1.29 is 14.4 Å². The highest BCUT2D eigenvalue weighted by Crippen LogP contribution is 2.19. The molecule has 0 unspecified atom stereocenters. The van der Waals surface area contributed by atoms with Crippen molar-refractivity contribution in [1.29, 1.82) is 0 Å². The molecule has 1 amide bonds. The van der Waals surface area contributed by atoms with E-state index in [4.69, 9.17) is 0 Å². The fourth-order valence-electron chi connectivity index (χ4n) is 3.70. The Morgan fingerprint density at radius 2 is 1.19 bits per heavy atom. The lowest BCUT2D eigenvalue weighted by molar-refractivity contribution is 0.0928. The van der Waals surface area contributed by atoms with Crippen molar-refractivity contribution >= 4 is 17.5 Å². The molecule has 0 saturated carbocycles. The van der Waals surface area contributed by atoms with Crippen LogP contribution in [0.15, 0.2) is 18.2 Å². The predicted octanol–water partition coefficient (Wildman–Crippen LogP) is 7.30. The number of carbonyl (C=O) groups is 3. The maximum absolute atomic E-state index is 12.9. The van der Waals surface area contributed by atoms with E-state index in [2.05, 4.69) is 26.1 Å². The second kappa shape index (κ2) is 16.7. The fraction of sp³-hybridized carbons (Fsp3) is 0.667. The number of unbranched alkanes of at least 4 members (excludes halogenated alkanes) is 9. The van der Waals surface area contributed by atoms with Gasteiger partial charge in [0, 0.05) is 30.5 Å². The quantitative estimate of drug-likeness (QED) is 0.197. The summed E-state index contributed by atoms with van der Waals surface area (Å²) < 4.78 is 0. The van der Waals surface area contributed by atoms with Gasteiger partial charge in [0.15, 0.2) is 11.6 Å². The number of Topliss-reactive ketones (excluding diaryl/α,β-unsaturated/α-hetero) is 2. The summed E-state index contributed by atoms with van der Waals surface area (Å²) in [6, 6.07) is 5.04. The molecule has 0 spiro atoms. The van der Waals surface area contributed by atoms with Crippen LogP contribution in [-0.4, -0.2) is 24.0 Å². The second-order valence-corrected chi connectivity index (χ2v) is 8.54. The molecule has 1 N–H and O–H groups in total. The van der Waals surface area contributed by atoms with Gasteiger partial charge in [0.05, 0.1) is 5.56 Å². The molecule has 174 valence electrons. The van der Waals surface area contributed by atoms with Crippen molar-refractivity contribution in [3.63, 3.8) is 0 Å². The number of amides is 1. The minimum absolute atomic E-state index is 0.0344. The Labute approximate surface area is 189 Å². The van der Waals surface area contributed by atoms with E-state index in [1.165, 1.54) is 0 Å². The van der Waals surface area contributed by atoms with Crippen molar-refractivity contribution in [3.8, 4) is 0 Å². The number of hydrogen-bond acceptors (Lipinski definition) is 3. The molecule has 0 aliphatic heterocycles. The van der Waals surface area contributed by atoms with Crippen molar-refractivity contribution in [2.45, 2.75) is 111 Å². The Kier molecular flexibility index (Phi) is 14.6. The molecule has 0 radical (unpaired) electrons. The number of rotatable bonds is 18. The number of benzene rings is 1. The third-order valence-corrected chi connectivity index (χ3v) is 5.72. The minimum Gasteiger partial charge on any atom is -0.352 e. The van der Waals surface area contributed by atoms with Gasteiger partial charge in [0.25, 0.3) is 5.91 Å². The average molecular weight is 430 g/mol. The van der Waals surface area contributed by atoms with Crippen LogP contribution in [0.3, 0.4) is 0 Å². The summed E-state index contributed by atoms with van der Waals surface area (Å²) in [5, 5.41) is 2.95. The highest BCUT2D eigenvalue weighted by Gasteiger charge is 2.19. The first-order valence-electron chi connectivity index (χ1n) is 12.5. The molecule has 0 aliphatic carbocycles. The average Bonchev–Trinajstić information content (AvgIpc) is 2.78. The molecule has 0 bridgehead atoms. The van der Waals surface area contributed by atoms with Gasteiger partial charge < -0.3 is 5.32 Å². The molecule has 4 nitrogen and oxygen atoms in total. The second-order valence-electron chi connectivity index (χ2n) is 8.54. The first-order chi connectivity index (χ1) is 15.0. The zero-order chi connectivity index (χ0) is 22.9. The number of ketones is 2. The van der Waals surface area contributed by atoms with Gasteiger partial charge >= 0.3 is 0 Å². The summed E-state index contributed by atoms with van der Waals surface area (Å²) in [5.41, 5.74) is 1.35. The molecule has 1 aromatic rings. The third-order valence-electron chi connectivity index (χ3n) is 5.72. The maximum atomic E-state index is 12.9. The zero-order valence-electron chi connectivity index (χ0n) is 20.1. The highest BCUT2D eigenvalue weighted by atomic mass is 16.2. The lowest BCUT2D eigenvalue weighted by Gasteiger charge is -2.12. The SMILES string of the molecule is CCCCCCNC(=O)c1ccc(C(=O)CCCCCC)cc1C(=O)CCCCCC. The molecule has 31 heavy (non-hydrogen) atoms. The molecule has 4 heteroatoms. The molecule has 0 saturated heterocycles. The zero-order valence-corrected chi connectivity index (χ0v) is 20.1. The molecule has 1 aromatic carbocycles. The van der Waals surface area contributed by atoms with Crippen LogP contribution in [0.25, 0.3) is 0 Å². The Hall–Kier alpha value is -1.97. The molecular weight excluding hydrogens is 386 g/mol. The van der Waals surface area contributed by atoms with E-state index in [-0.39, 0.29) is 17.5 Å². The van der Waals surface area contributed by atoms with Gasteiger partial charge in [-0.25, -0.2) is 0 Å². The predicted molar refractivity (Wildman–Crippen MR) is 129 cm³/mol. The van der Waals surface area contributed by atoms with E-state index in [0.29, 0.717) is 36.1 Å². The molecule has 1 rings (SSSR count). The van der Waals surface area contributed by atoms with Crippen LogP contribution in [0.2, 0.25) is 0 Å². The van der Waals surface area contributed by atoms with Crippen LogP contribution in [0.5, 0.6) is 0 Å². The van der Waals surface area contributed by atoms with Crippen LogP contribution < -0.4 is 5.32 Å². The van der Waals surface area contributed by atoms with Crippen molar-refractivity contribution in [2.75, 3.05) is 6.54 Å². The van der Waals surface area contributed by atoms with E-state index in [0.717, 1.165) is 77.0 Å². The fourth-order valence-corrected chi connectivity index (χ4v) is 3.70. The molecule has 0 heterocycles. The van der Waals surface area contributed by atoms with Gasteiger partial charge in [-0.2, -0.15) is 0 Å². The minimum atomic E-state index is -0.213. The van der Waals surface area contributed by atoms with E-state index in [1.54, 1.807) is 18.2 Å². The summed E-state index contributed by atoms with van der Waals surface area (Å²) in [5.74, 6) is -0.189. The molecule has 0 aliphatic rings. The van der Waals surface area contributed by atoms with Gasteiger partial charge in [-0.1, -0.05) is 84.6 Å². The first-order valence-corrected chi connectivity index (χ1v) is 12.5. The van der Waals surface area contributed by atoms with Gasteiger partial charge in [0.2, 0.25) is 0 Å².